The molecule has 2 fully saturated rings. The quantitative estimate of drug-likeness (QED) is 0.902. The Morgan fingerprint density at radius 3 is 2.82 bits per heavy atom. The molecule has 1 atom stereocenters. The summed E-state index contributed by atoms with van der Waals surface area (Å²) in [7, 11) is 0. The van der Waals surface area contributed by atoms with Crippen LogP contribution in [0.25, 0.3) is 0 Å². The molecule has 0 bridgehead atoms. The van der Waals surface area contributed by atoms with Gasteiger partial charge in [0.05, 0.1) is 5.92 Å². The van der Waals surface area contributed by atoms with Crippen molar-refractivity contribution in [3.63, 3.8) is 0 Å². The minimum atomic E-state index is 0.172. The lowest BCUT2D eigenvalue weighted by Crippen LogP contribution is -2.46. The number of hydrogen-bond donors (Lipinski definition) is 1. The van der Waals surface area contributed by atoms with E-state index in [4.69, 9.17) is 0 Å². The second-order valence-corrected chi connectivity index (χ2v) is 7.79. The van der Waals surface area contributed by atoms with Gasteiger partial charge in [-0.1, -0.05) is 12.8 Å². The molecular formula is C16H26N4OS. The van der Waals surface area contributed by atoms with Gasteiger partial charge in [0.25, 0.3) is 0 Å². The number of hydrogen-bond acceptors (Lipinski definition) is 5. The number of nitrogens with zero attached hydrogens (tertiary/aromatic N) is 3. The summed E-state index contributed by atoms with van der Waals surface area (Å²) in [5.74, 6) is 0.398. The maximum absolute atomic E-state index is 12.4. The molecule has 1 amide bonds. The lowest BCUT2D eigenvalue weighted by atomic mass is 9.95. The van der Waals surface area contributed by atoms with Crippen LogP contribution in [-0.2, 0) is 11.2 Å². The van der Waals surface area contributed by atoms with E-state index in [0.29, 0.717) is 6.54 Å². The van der Waals surface area contributed by atoms with Crippen molar-refractivity contribution in [3.8, 4) is 0 Å². The van der Waals surface area contributed by atoms with E-state index < -0.39 is 0 Å². The molecule has 5 nitrogen and oxygen atoms in total. The van der Waals surface area contributed by atoms with Crippen molar-refractivity contribution in [2.24, 2.45) is 5.92 Å². The molecule has 0 aromatic carbocycles. The van der Waals surface area contributed by atoms with Gasteiger partial charge in [0, 0.05) is 25.6 Å². The zero-order valence-corrected chi connectivity index (χ0v) is 14.2. The topological polar surface area (TPSA) is 58.1 Å². The van der Waals surface area contributed by atoms with Crippen LogP contribution < -0.4 is 5.32 Å². The van der Waals surface area contributed by atoms with E-state index in [1.165, 1.54) is 32.2 Å². The first-order chi connectivity index (χ1) is 10.7. The number of likely N-dealkylation sites (tertiary alicyclic amines) is 1. The van der Waals surface area contributed by atoms with Crippen LogP contribution in [0.5, 0.6) is 0 Å². The summed E-state index contributed by atoms with van der Waals surface area (Å²) in [5.41, 5.74) is 0. The standard InChI is InChI=1S/C16H26N4OS/c1-12-18-19-15(22-12)8-9-17-16(21)13-5-4-10-20(11-13)14-6-2-3-7-14/h13-14H,2-11H2,1H3,(H,17,21)/t13-/m0/s1. The molecule has 2 aliphatic rings. The summed E-state index contributed by atoms with van der Waals surface area (Å²) in [5, 5.41) is 13.2. The van der Waals surface area contributed by atoms with Crippen molar-refractivity contribution in [2.45, 2.75) is 57.9 Å². The van der Waals surface area contributed by atoms with Crippen LogP contribution in [0.4, 0.5) is 0 Å². The molecule has 1 aliphatic carbocycles. The molecule has 3 rings (SSSR count). The zero-order chi connectivity index (χ0) is 15.4. The van der Waals surface area contributed by atoms with Crippen LogP contribution in [0.3, 0.4) is 0 Å². The second-order valence-electron chi connectivity index (χ2n) is 6.53. The van der Waals surface area contributed by atoms with E-state index >= 15 is 0 Å². The Hall–Kier alpha value is -1.01. The molecule has 1 aromatic heterocycles. The molecule has 1 aromatic rings. The molecular weight excluding hydrogens is 296 g/mol. The van der Waals surface area contributed by atoms with E-state index in [1.807, 2.05) is 6.92 Å². The highest BCUT2D eigenvalue weighted by Gasteiger charge is 2.30. The van der Waals surface area contributed by atoms with E-state index in [9.17, 15) is 4.79 Å². The largest absolute Gasteiger partial charge is 0.355 e. The first kappa shape index (κ1) is 15.9. The fourth-order valence-corrected chi connectivity index (χ4v) is 4.41. The average molecular weight is 322 g/mol. The molecule has 0 radical (unpaired) electrons. The highest BCUT2D eigenvalue weighted by Crippen LogP contribution is 2.27. The molecule has 2 heterocycles. The molecule has 1 saturated carbocycles. The Morgan fingerprint density at radius 1 is 1.27 bits per heavy atom. The molecule has 6 heteroatoms. The first-order valence-electron chi connectivity index (χ1n) is 8.53. The summed E-state index contributed by atoms with van der Waals surface area (Å²) in [6, 6.07) is 0.736. The normalized spacial score (nSPS) is 23.8. The predicted molar refractivity (Wildman–Crippen MR) is 87.9 cm³/mol. The number of piperidine rings is 1. The van der Waals surface area contributed by atoms with E-state index in [2.05, 4.69) is 20.4 Å². The molecule has 0 spiro atoms. The third-order valence-electron chi connectivity index (χ3n) is 4.87. The first-order valence-corrected chi connectivity index (χ1v) is 9.35. The molecule has 0 unspecified atom stereocenters. The zero-order valence-electron chi connectivity index (χ0n) is 13.4. The van der Waals surface area contributed by atoms with Gasteiger partial charge < -0.3 is 5.32 Å². The summed E-state index contributed by atoms with van der Waals surface area (Å²) >= 11 is 1.61. The molecule has 122 valence electrons. The van der Waals surface area contributed by atoms with Crippen LogP contribution >= 0.6 is 11.3 Å². The van der Waals surface area contributed by atoms with E-state index in [-0.39, 0.29) is 11.8 Å². The van der Waals surface area contributed by atoms with Crippen molar-refractivity contribution in [1.82, 2.24) is 20.4 Å². The number of carbonyl (C=O) groups excluding carboxylic acids is 1. The monoisotopic (exact) mass is 322 g/mol. The predicted octanol–water partition coefficient (Wildman–Crippen LogP) is 2.16. The van der Waals surface area contributed by atoms with Gasteiger partial charge in [-0.15, -0.1) is 21.5 Å². The minimum absolute atomic E-state index is 0.172. The van der Waals surface area contributed by atoms with Gasteiger partial charge in [-0.05, 0) is 39.2 Å². The fraction of sp³-hybridized carbons (Fsp3) is 0.812. The molecule has 1 N–H and O–H groups in total. The molecule has 1 saturated heterocycles. The summed E-state index contributed by atoms with van der Waals surface area (Å²) in [4.78, 5) is 14.9. The van der Waals surface area contributed by atoms with Crippen molar-refractivity contribution in [2.75, 3.05) is 19.6 Å². The van der Waals surface area contributed by atoms with Crippen molar-refractivity contribution in [3.05, 3.63) is 10.0 Å². The third-order valence-corrected chi connectivity index (χ3v) is 5.77. The fourth-order valence-electron chi connectivity index (χ4n) is 3.70. The smallest absolute Gasteiger partial charge is 0.224 e. The lowest BCUT2D eigenvalue weighted by molar-refractivity contribution is -0.127. The van der Waals surface area contributed by atoms with Gasteiger partial charge >= 0.3 is 0 Å². The number of rotatable bonds is 5. The Kier molecular flexibility index (Phi) is 5.41. The Morgan fingerprint density at radius 2 is 2.09 bits per heavy atom. The SMILES string of the molecule is Cc1nnc(CCNC(=O)[C@H]2CCCN(C3CCCC3)C2)s1. The number of carbonyl (C=O) groups is 1. The van der Waals surface area contributed by atoms with Crippen molar-refractivity contribution < 1.29 is 4.79 Å². The van der Waals surface area contributed by atoms with Gasteiger partial charge in [-0.2, -0.15) is 0 Å². The lowest BCUT2D eigenvalue weighted by Gasteiger charge is -2.36. The second kappa shape index (κ2) is 7.51. The van der Waals surface area contributed by atoms with Crippen molar-refractivity contribution in [1.29, 1.82) is 0 Å². The summed E-state index contributed by atoms with van der Waals surface area (Å²) < 4.78 is 0. The maximum Gasteiger partial charge on any atom is 0.224 e. The van der Waals surface area contributed by atoms with Crippen LogP contribution in [0.15, 0.2) is 0 Å². The number of aromatic nitrogens is 2. The van der Waals surface area contributed by atoms with Gasteiger partial charge in [0.2, 0.25) is 5.91 Å². The Balaban J connectivity index is 1.43. The van der Waals surface area contributed by atoms with Gasteiger partial charge in [0.1, 0.15) is 10.0 Å². The van der Waals surface area contributed by atoms with E-state index in [1.54, 1.807) is 11.3 Å². The number of nitrogens with one attached hydrogen (secondary N) is 1. The number of amides is 1. The highest BCUT2D eigenvalue weighted by molar-refractivity contribution is 7.11. The Bertz CT molecular complexity index is 498. The van der Waals surface area contributed by atoms with Gasteiger partial charge in [-0.3, -0.25) is 9.69 Å². The van der Waals surface area contributed by atoms with Crippen LogP contribution in [0.2, 0.25) is 0 Å². The number of aryl methyl sites for hydroxylation is 1. The third kappa shape index (κ3) is 4.04. The molecule has 1 aliphatic heterocycles. The average Bonchev–Trinajstić information content (AvgIpc) is 3.19. The van der Waals surface area contributed by atoms with E-state index in [0.717, 1.165) is 41.9 Å². The Labute approximate surface area is 136 Å². The van der Waals surface area contributed by atoms with Crippen molar-refractivity contribution >= 4 is 17.2 Å². The maximum atomic E-state index is 12.4. The minimum Gasteiger partial charge on any atom is -0.355 e. The van der Waals surface area contributed by atoms with Crippen LogP contribution in [0.1, 0.15) is 48.5 Å². The van der Waals surface area contributed by atoms with Crippen LogP contribution in [0, 0.1) is 12.8 Å². The molecule has 22 heavy (non-hydrogen) atoms. The summed E-state index contributed by atoms with van der Waals surface area (Å²) in [6.07, 6.45) is 8.35. The summed E-state index contributed by atoms with van der Waals surface area (Å²) in [6.45, 7) is 4.76. The van der Waals surface area contributed by atoms with Gasteiger partial charge in [-0.25, -0.2) is 0 Å². The van der Waals surface area contributed by atoms with Gasteiger partial charge in [0.15, 0.2) is 0 Å². The van der Waals surface area contributed by atoms with Crippen LogP contribution in [-0.4, -0.2) is 46.7 Å². The highest BCUT2D eigenvalue weighted by atomic mass is 32.1.